The minimum absolute atomic E-state index is 0.139. The van der Waals surface area contributed by atoms with Gasteiger partial charge >= 0.3 is 10.4 Å². The average Bonchev–Trinajstić information content (AvgIpc) is 2.44. The lowest BCUT2D eigenvalue weighted by Gasteiger charge is -2.30. The van der Waals surface area contributed by atoms with E-state index in [9.17, 15) is 8.42 Å². The maximum atomic E-state index is 12.1. The summed E-state index contributed by atoms with van der Waals surface area (Å²) in [6.45, 7) is 12.8. The molecule has 4 nitrogen and oxygen atoms in total. The Bertz CT molecular complexity index is 909. The van der Waals surface area contributed by atoms with Crippen molar-refractivity contribution < 1.29 is 16.8 Å². The first-order valence-corrected chi connectivity index (χ1v) is 9.73. The molecule has 2 aromatic carbocycles. The van der Waals surface area contributed by atoms with Gasteiger partial charge in [-0.3, -0.25) is 0 Å². The van der Waals surface area contributed by atoms with Crippen LogP contribution in [0.3, 0.4) is 0 Å². The van der Waals surface area contributed by atoms with Crippen molar-refractivity contribution in [2.45, 2.75) is 59.3 Å². The van der Waals surface area contributed by atoms with E-state index >= 15 is 0 Å². The second-order valence-corrected chi connectivity index (χ2v) is 8.44. The molecule has 0 bridgehead atoms. The van der Waals surface area contributed by atoms with Gasteiger partial charge in [-0.15, -0.1) is 8.42 Å². The summed E-state index contributed by atoms with van der Waals surface area (Å²) in [6, 6.07) is 5.56. The quantitative estimate of drug-likeness (QED) is 0.762. The van der Waals surface area contributed by atoms with Gasteiger partial charge < -0.3 is 8.37 Å². The molecule has 3 rings (SSSR count). The average molecular weight is 348 g/mol. The van der Waals surface area contributed by atoms with Crippen molar-refractivity contribution in [2.75, 3.05) is 0 Å². The van der Waals surface area contributed by atoms with Crippen molar-refractivity contribution >= 4 is 21.2 Å². The molecule has 5 heteroatoms. The first kappa shape index (κ1) is 17.1. The number of hydrogen-bond donors (Lipinski definition) is 0. The predicted molar refractivity (Wildman–Crippen MR) is 96.4 cm³/mol. The van der Waals surface area contributed by atoms with E-state index in [0.29, 0.717) is 17.4 Å². The predicted octanol–water partition coefficient (Wildman–Crippen LogP) is 5.23. The summed E-state index contributed by atoms with van der Waals surface area (Å²) < 4.78 is 34.6. The summed E-state index contributed by atoms with van der Waals surface area (Å²) in [7, 11) is -4.07. The van der Waals surface area contributed by atoms with Crippen LogP contribution in [0.15, 0.2) is 18.2 Å². The summed E-state index contributed by atoms with van der Waals surface area (Å²) >= 11 is 0. The van der Waals surface area contributed by atoms with E-state index in [0.717, 1.165) is 16.3 Å². The van der Waals surface area contributed by atoms with Crippen LogP contribution in [0.2, 0.25) is 0 Å². The molecule has 130 valence electrons. The molecule has 0 amide bonds. The third kappa shape index (κ3) is 2.55. The molecule has 0 unspecified atom stereocenters. The minimum Gasteiger partial charge on any atom is -0.352 e. The molecule has 0 aromatic heterocycles. The molecule has 1 heterocycles. The summed E-state index contributed by atoms with van der Waals surface area (Å²) in [5, 5.41) is 1.78. The summed E-state index contributed by atoms with van der Waals surface area (Å²) in [5.41, 5.74) is 3.41. The smallest absolute Gasteiger partial charge is 0.352 e. The molecule has 2 aromatic rings. The molecule has 0 N–H and O–H groups in total. The van der Waals surface area contributed by atoms with Crippen LogP contribution in [0.25, 0.3) is 10.8 Å². The van der Waals surface area contributed by atoms with Gasteiger partial charge in [0.15, 0.2) is 11.5 Å². The van der Waals surface area contributed by atoms with E-state index in [1.54, 1.807) is 6.07 Å². The summed E-state index contributed by atoms with van der Waals surface area (Å²) in [5.74, 6) is 1.50. The molecular weight excluding hydrogens is 324 g/mol. The fourth-order valence-corrected chi connectivity index (χ4v) is 4.51. The lowest BCUT2D eigenvalue weighted by molar-refractivity contribution is 0.382. The highest BCUT2D eigenvalue weighted by Crippen LogP contribution is 2.50. The maximum Gasteiger partial charge on any atom is 0.501 e. The number of benzene rings is 2. The van der Waals surface area contributed by atoms with Crippen LogP contribution in [0.5, 0.6) is 11.5 Å². The van der Waals surface area contributed by atoms with Crippen LogP contribution in [-0.4, -0.2) is 8.42 Å². The SMILES string of the molecule is CC(C)c1c(C(C)C)c2c3c(cccc3c1C(C)C)OS(=O)(=O)O2. The zero-order chi connectivity index (χ0) is 17.8. The molecule has 0 atom stereocenters. The highest BCUT2D eigenvalue weighted by molar-refractivity contribution is 7.82. The topological polar surface area (TPSA) is 52.6 Å². The minimum atomic E-state index is -4.07. The Morgan fingerprint density at radius 2 is 1.38 bits per heavy atom. The lowest BCUT2D eigenvalue weighted by atomic mass is 9.79. The summed E-state index contributed by atoms with van der Waals surface area (Å²) in [4.78, 5) is 0. The molecule has 1 aliphatic rings. The first-order valence-electron chi connectivity index (χ1n) is 8.40. The Kier molecular flexibility index (Phi) is 4.03. The Morgan fingerprint density at radius 3 is 1.92 bits per heavy atom. The van der Waals surface area contributed by atoms with E-state index in [1.165, 1.54) is 11.1 Å². The zero-order valence-corrected chi connectivity index (χ0v) is 15.8. The number of rotatable bonds is 3. The third-order valence-corrected chi connectivity index (χ3v) is 5.23. The van der Waals surface area contributed by atoms with Gasteiger partial charge in [0.2, 0.25) is 0 Å². The summed E-state index contributed by atoms with van der Waals surface area (Å²) in [6.07, 6.45) is 0. The highest BCUT2D eigenvalue weighted by atomic mass is 32.3. The third-order valence-electron chi connectivity index (χ3n) is 4.48. The molecule has 0 saturated carbocycles. The Labute approximate surface area is 144 Å². The fourth-order valence-electron chi connectivity index (χ4n) is 3.74. The van der Waals surface area contributed by atoms with E-state index in [-0.39, 0.29) is 11.8 Å². The Morgan fingerprint density at radius 1 is 0.792 bits per heavy atom. The van der Waals surface area contributed by atoms with E-state index in [4.69, 9.17) is 8.37 Å². The molecule has 24 heavy (non-hydrogen) atoms. The Hall–Kier alpha value is -1.75. The van der Waals surface area contributed by atoms with Crippen LogP contribution in [0.4, 0.5) is 0 Å². The first-order chi connectivity index (χ1) is 11.1. The fraction of sp³-hybridized carbons (Fsp3) is 0.474. The van der Waals surface area contributed by atoms with Crippen molar-refractivity contribution in [3.05, 3.63) is 34.9 Å². The van der Waals surface area contributed by atoms with Gasteiger partial charge in [0, 0.05) is 5.56 Å². The van der Waals surface area contributed by atoms with E-state index in [1.807, 2.05) is 12.1 Å². The van der Waals surface area contributed by atoms with Gasteiger partial charge in [-0.2, -0.15) is 0 Å². The monoisotopic (exact) mass is 348 g/mol. The van der Waals surface area contributed by atoms with Gasteiger partial charge in [-0.1, -0.05) is 53.7 Å². The molecule has 0 saturated heterocycles. The van der Waals surface area contributed by atoms with E-state index in [2.05, 4.69) is 41.5 Å². The lowest BCUT2D eigenvalue weighted by Crippen LogP contribution is -2.23. The molecular formula is C19H24O4S. The second-order valence-electron chi connectivity index (χ2n) is 7.29. The van der Waals surface area contributed by atoms with Crippen LogP contribution in [0.1, 0.15) is 76.0 Å². The van der Waals surface area contributed by atoms with Crippen molar-refractivity contribution in [1.29, 1.82) is 0 Å². The van der Waals surface area contributed by atoms with Gasteiger partial charge in [0.05, 0.1) is 5.39 Å². The van der Waals surface area contributed by atoms with E-state index < -0.39 is 10.4 Å². The van der Waals surface area contributed by atoms with Crippen LogP contribution < -0.4 is 8.37 Å². The zero-order valence-electron chi connectivity index (χ0n) is 15.0. The van der Waals surface area contributed by atoms with Crippen molar-refractivity contribution in [3.8, 4) is 11.5 Å². The van der Waals surface area contributed by atoms with Crippen LogP contribution >= 0.6 is 0 Å². The molecule has 0 spiro atoms. The van der Waals surface area contributed by atoms with Crippen molar-refractivity contribution in [1.82, 2.24) is 0 Å². The molecule has 0 fully saturated rings. The normalized spacial score (nSPS) is 15.9. The maximum absolute atomic E-state index is 12.1. The van der Waals surface area contributed by atoms with Gasteiger partial charge in [-0.05, 0) is 40.3 Å². The van der Waals surface area contributed by atoms with Gasteiger partial charge in [0.1, 0.15) is 0 Å². The number of hydrogen-bond acceptors (Lipinski definition) is 4. The van der Waals surface area contributed by atoms with Crippen molar-refractivity contribution in [3.63, 3.8) is 0 Å². The standard InChI is InChI=1S/C19H24O4S/c1-10(2)15-13-8-7-9-14-18(13)19(23-24(20,21)22-14)17(12(5)6)16(15)11(3)4/h7-12H,1-6H3. The second kappa shape index (κ2) is 5.66. The molecule has 0 aliphatic carbocycles. The largest absolute Gasteiger partial charge is 0.501 e. The van der Waals surface area contributed by atoms with Gasteiger partial charge in [0.25, 0.3) is 0 Å². The van der Waals surface area contributed by atoms with Crippen molar-refractivity contribution in [2.24, 2.45) is 0 Å². The van der Waals surface area contributed by atoms with Crippen LogP contribution in [-0.2, 0) is 10.4 Å². The van der Waals surface area contributed by atoms with Gasteiger partial charge in [-0.25, -0.2) is 0 Å². The molecule has 1 aliphatic heterocycles. The van der Waals surface area contributed by atoms with Crippen LogP contribution in [0, 0.1) is 0 Å². The highest BCUT2D eigenvalue weighted by Gasteiger charge is 2.34. The Balaban J connectivity index is 2.59. The molecule has 0 radical (unpaired) electrons.